The fraction of sp³-hybridized carbons (Fsp3) is 0.647. The second-order valence-electron chi connectivity index (χ2n) is 6.55. The highest BCUT2D eigenvalue weighted by atomic mass is 15.2. The van der Waals surface area contributed by atoms with Gasteiger partial charge in [-0.15, -0.1) is 0 Å². The topological polar surface area (TPSA) is 29.3 Å². The molecule has 0 heterocycles. The van der Waals surface area contributed by atoms with Crippen LogP contribution in [-0.2, 0) is 6.54 Å². The zero-order valence-corrected chi connectivity index (χ0v) is 13.5. The van der Waals surface area contributed by atoms with Crippen molar-refractivity contribution in [3.8, 4) is 0 Å². The molecule has 1 aromatic carbocycles. The van der Waals surface area contributed by atoms with Gasteiger partial charge in [0.1, 0.15) is 0 Å². The average molecular weight is 262 g/mol. The van der Waals surface area contributed by atoms with Gasteiger partial charge in [-0.2, -0.15) is 0 Å². The Labute approximate surface area is 119 Å². The van der Waals surface area contributed by atoms with Crippen molar-refractivity contribution in [3.05, 3.63) is 34.9 Å². The SMILES string of the molecule is Cc1ccc(C(C)C)cc1CN(C)C(C)(C)CCN. The molecule has 0 aliphatic rings. The van der Waals surface area contributed by atoms with Crippen molar-refractivity contribution in [1.82, 2.24) is 4.90 Å². The van der Waals surface area contributed by atoms with Crippen molar-refractivity contribution >= 4 is 0 Å². The van der Waals surface area contributed by atoms with E-state index in [0.717, 1.165) is 19.5 Å². The molecule has 0 radical (unpaired) electrons. The molecule has 2 N–H and O–H groups in total. The predicted molar refractivity (Wildman–Crippen MR) is 84.5 cm³/mol. The fourth-order valence-electron chi connectivity index (χ4n) is 2.23. The Morgan fingerprint density at radius 2 is 1.89 bits per heavy atom. The number of benzene rings is 1. The maximum absolute atomic E-state index is 5.71. The molecule has 108 valence electrons. The van der Waals surface area contributed by atoms with E-state index in [-0.39, 0.29) is 5.54 Å². The van der Waals surface area contributed by atoms with Crippen LogP contribution >= 0.6 is 0 Å². The molecule has 2 nitrogen and oxygen atoms in total. The quantitative estimate of drug-likeness (QED) is 0.847. The second-order valence-corrected chi connectivity index (χ2v) is 6.55. The molecule has 0 saturated heterocycles. The Hall–Kier alpha value is -0.860. The summed E-state index contributed by atoms with van der Waals surface area (Å²) in [4.78, 5) is 2.41. The number of nitrogens with zero attached hydrogens (tertiary/aromatic N) is 1. The largest absolute Gasteiger partial charge is 0.330 e. The summed E-state index contributed by atoms with van der Waals surface area (Å²) in [6, 6.07) is 6.85. The number of rotatable bonds is 6. The lowest BCUT2D eigenvalue weighted by Crippen LogP contribution is -2.42. The molecule has 0 bridgehead atoms. The lowest BCUT2D eigenvalue weighted by Gasteiger charge is -2.36. The van der Waals surface area contributed by atoms with E-state index in [2.05, 4.69) is 64.8 Å². The first kappa shape index (κ1) is 16.2. The van der Waals surface area contributed by atoms with Gasteiger partial charge in [0.15, 0.2) is 0 Å². The Morgan fingerprint density at radius 1 is 1.26 bits per heavy atom. The lowest BCUT2D eigenvalue weighted by molar-refractivity contribution is 0.139. The summed E-state index contributed by atoms with van der Waals surface area (Å²) in [5, 5.41) is 0. The highest BCUT2D eigenvalue weighted by molar-refractivity contribution is 5.32. The van der Waals surface area contributed by atoms with Crippen LogP contribution in [0.25, 0.3) is 0 Å². The van der Waals surface area contributed by atoms with Crippen LogP contribution in [0.1, 0.15) is 56.7 Å². The third kappa shape index (κ3) is 4.32. The summed E-state index contributed by atoms with van der Waals surface area (Å²) < 4.78 is 0. The molecule has 0 unspecified atom stereocenters. The Kier molecular flexibility index (Phi) is 5.57. The first-order chi connectivity index (χ1) is 8.77. The normalized spacial score (nSPS) is 12.5. The van der Waals surface area contributed by atoms with E-state index in [1.807, 2.05) is 0 Å². The van der Waals surface area contributed by atoms with Crippen LogP contribution in [-0.4, -0.2) is 24.0 Å². The van der Waals surface area contributed by atoms with E-state index in [0.29, 0.717) is 5.92 Å². The van der Waals surface area contributed by atoms with Crippen LogP contribution in [0.5, 0.6) is 0 Å². The molecular weight excluding hydrogens is 232 g/mol. The molecule has 0 aliphatic heterocycles. The van der Waals surface area contributed by atoms with Crippen LogP contribution in [0.2, 0.25) is 0 Å². The van der Waals surface area contributed by atoms with Gasteiger partial charge in [-0.1, -0.05) is 32.0 Å². The summed E-state index contributed by atoms with van der Waals surface area (Å²) in [6.07, 6.45) is 1.02. The summed E-state index contributed by atoms with van der Waals surface area (Å²) >= 11 is 0. The van der Waals surface area contributed by atoms with Crippen LogP contribution in [0.15, 0.2) is 18.2 Å². The molecule has 0 aromatic heterocycles. The van der Waals surface area contributed by atoms with Crippen molar-refractivity contribution in [2.75, 3.05) is 13.6 Å². The average Bonchev–Trinajstić information content (AvgIpc) is 2.31. The molecule has 0 fully saturated rings. The van der Waals surface area contributed by atoms with Crippen molar-refractivity contribution in [2.45, 2.75) is 59.0 Å². The minimum Gasteiger partial charge on any atom is -0.330 e. The van der Waals surface area contributed by atoms with Gasteiger partial charge < -0.3 is 5.73 Å². The third-order valence-corrected chi connectivity index (χ3v) is 4.24. The van der Waals surface area contributed by atoms with Crippen molar-refractivity contribution in [3.63, 3.8) is 0 Å². The predicted octanol–water partition coefficient (Wildman–Crippen LogP) is 3.68. The molecule has 0 aliphatic carbocycles. The van der Waals surface area contributed by atoms with Crippen molar-refractivity contribution < 1.29 is 0 Å². The highest BCUT2D eigenvalue weighted by Crippen LogP contribution is 2.23. The molecule has 1 aromatic rings. The van der Waals surface area contributed by atoms with E-state index in [1.165, 1.54) is 16.7 Å². The minimum absolute atomic E-state index is 0.148. The van der Waals surface area contributed by atoms with Crippen LogP contribution in [0.4, 0.5) is 0 Å². The second kappa shape index (κ2) is 6.53. The maximum atomic E-state index is 5.71. The van der Waals surface area contributed by atoms with Gasteiger partial charge in [-0.25, -0.2) is 0 Å². The first-order valence-electron chi connectivity index (χ1n) is 7.28. The summed E-state index contributed by atoms with van der Waals surface area (Å²) in [5.74, 6) is 0.585. The van der Waals surface area contributed by atoms with Gasteiger partial charge in [-0.3, -0.25) is 4.90 Å². The molecule has 19 heavy (non-hydrogen) atoms. The van der Waals surface area contributed by atoms with Gasteiger partial charge in [0, 0.05) is 12.1 Å². The molecular formula is C17H30N2. The van der Waals surface area contributed by atoms with E-state index in [4.69, 9.17) is 5.73 Å². The molecule has 0 amide bonds. The van der Waals surface area contributed by atoms with Gasteiger partial charge in [0.05, 0.1) is 0 Å². The van der Waals surface area contributed by atoms with Crippen LogP contribution in [0.3, 0.4) is 0 Å². The number of hydrogen-bond donors (Lipinski definition) is 1. The van der Waals surface area contributed by atoms with E-state index < -0.39 is 0 Å². The lowest BCUT2D eigenvalue weighted by atomic mass is 9.95. The summed E-state index contributed by atoms with van der Waals surface area (Å²) in [5.41, 5.74) is 10.1. The Bertz CT molecular complexity index is 408. The summed E-state index contributed by atoms with van der Waals surface area (Å²) in [6.45, 7) is 12.9. The molecule has 2 heteroatoms. The van der Waals surface area contributed by atoms with Gasteiger partial charge >= 0.3 is 0 Å². The maximum Gasteiger partial charge on any atom is 0.0238 e. The number of aryl methyl sites for hydroxylation is 1. The van der Waals surface area contributed by atoms with Crippen LogP contribution < -0.4 is 5.73 Å². The van der Waals surface area contributed by atoms with E-state index in [9.17, 15) is 0 Å². The number of hydrogen-bond acceptors (Lipinski definition) is 2. The first-order valence-corrected chi connectivity index (χ1v) is 7.28. The molecule has 0 atom stereocenters. The molecule has 1 rings (SSSR count). The number of nitrogens with two attached hydrogens (primary N) is 1. The standard InChI is InChI=1S/C17H30N2/c1-13(2)15-8-7-14(3)16(11-15)12-19(6)17(4,5)9-10-18/h7-8,11,13H,9-10,12,18H2,1-6H3. The summed E-state index contributed by atoms with van der Waals surface area (Å²) in [7, 11) is 2.19. The molecule has 0 spiro atoms. The zero-order chi connectivity index (χ0) is 14.6. The third-order valence-electron chi connectivity index (χ3n) is 4.24. The monoisotopic (exact) mass is 262 g/mol. The Morgan fingerprint density at radius 3 is 2.42 bits per heavy atom. The highest BCUT2D eigenvalue weighted by Gasteiger charge is 2.22. The molecule has 0 saturated carbocycles. The van der Waals surface area contributed by atoms with Gasteiger partial charge in [0.2, 0.25) is 0 Å². The van der Waals surface area contributed by atoms with E-state index >= 15 is 0 Å². The van der Waals surface area contributed by atoms with E-state index in [1.54, 1.807) is 0 Å². The fourth-order valence-corrected chi connectivity index (χ4v) is 2.23. The smallest absolute Gasteiger partial charge is 0.0238 e. The van der Waals surface area contributed by atoms with Gasteiger partial charge in [0.25, 0.3) is 0 Å². The van der Waals surface area contributed by atoms with Crippen LogP contribution in [0, 0.1) is 6.92 Å². The Balaban J connectivity index is 2.89. The minimum atomic E-state index is 0.148. The zero-order valence-electron chi connectivity index (χ0n) is 13.5. The van der Waals surface area contributed by atoms with Crippen molar-refractivity contribution in [1.29, 1.82) is 0 Å². The van der Waals surface area contributed by atoms with Gasteiger partial charge in [-0.05, 0) is 63.4 Å². The van der Waals surface area contributed by atoms with Crippen molar-refractivity contribution in [2.24, 2.45) is 5.73 Å².